The summed E-state index contributed by atoms with van der Waals surface area (Å²) in [5, 5.41) is 5.72. The van der Waals surface area contributed by atoms with Crippen molar-refractivity contribution in [3.63, 3.8) is 0 Å². The molecule has 5 nitrogen and oxygen atoms in total. The van der Waals surface area contributed by atoms with Gasteiger partial charge in [-0.3, -0.25) is 9.69 Å². The summed E-state index contributed by atoms with van der Waals surface area (Å²) in [7, 11) is 0. The Bertz CT molecular complexity index is 1570. The van der Waals surface area contributed by atoms with Crippen molar-refractivity contribution in [2.24, 2.45) is 0 Å². The monoisotopic (exact) mass is 572 g/mol. The van der Waals surface area contributed by atoms with Crippen LogP contribution < -0.4 is 0 Å². The van der Waals surface area contributed by atoms with E-state index in [2.05, 4.69) is 63.5 Å². The Balaban J connectivity index is 1.26. The van der Waals surface area contributed by atoms with Crippen LogP contribution in [0.3, 0.4) is 0 Å². The molecule has 4 heterocycles. The van der Waals surface area contributed by atoms with Gasteiger partial charge in [0.1, 0.15) is 5.01 Å². The predicted octanol–water partition coefficient (Wildman–Crippen LogP) is 7.31. The van der Waals surface area contributed by atoms with Gasteiger partial charge in [0, 0.05) is 54.2 Å². The highest BCUT2D eigenvalue weighted by Gasteiger charge is 2.27. The van der Waals surface area contributed by atoms with Gasteiger partial charge in [-0.2, -0.15) is 0 Å². The molecule has 1 aliphatic rings. The fourth-order valence-electron chi connectivity index (χ4n) is 5.11. The first-order chi connectivity index (χ1) is 19.1. The van der Waals surface area contributed by atoms with E-state index in [9.17, 15) is 4.79 Å². The van der Waals surface area contributed by atoms with Crippen molar-refractivity contribution in [3.05, 3.63) is 110 Å². The van der Waals surface area contributed by atoms with Gasteiger partial charge in [0.05, 0.1) is 28.5 Å². The topological polar surface area (TPSA) is 41.4 Å². The Morgan fingerprint density at radius 1 is 0.923 bits per heavy atom. The minimum absolute atomic E-state index is 0.0968. The molecule has 0 unspecified atom stereocenters. The summed E-state index contributed by atoms with van der Waals surface area (Å²) >= 11 is 9.76. The Hall–Kier alpha value is -3.23. The van der Waals surface area contributed by atoms with Crippen LogP contribution in [0.5, 0.6) is 0 Å². The van der Waals surface area contributed by atoms with Gasteiger partial charge in [0.2, 0.25) is 0 Å². The highest BCUT2D eigenvalue weighted by Crippen LogP contribution is 2.35. The van der Waals surface area contributed by atoms with Crippen molar-refractivity contribution < 1.29 is 4.79 Å². The molecule has 0 radical (unpaired) electrons. The summed E-state index contributed by atoms with van der Waals surface area (Å²) in [5.41, 5.74) is 5.78. The number of rotatable bonds is 7. The number of thiophene rings is 1. The second kappa shape index (κ2) is 11.5. The van der Waals surface area contributed by atoms with E-state index in [0.717, 1.165) is 65.9 Å². The molecule has 0 N–H and O–H groups in total. The van der Waals surface area contributed by atoms with Crippen LogP contribution in [0.15, 0.2) is 83.6 Å². The summed E-state index contributed by atoms with van der Waals surface area (Å²) in [4.78, 5) is 24.4. The molecular weight excluding hydrogens is 544 g/mol. The molecule has 1 saturated heterocycles. The van der Waals surface area contributed by atoms with E-state index in [1.54, 1.807) is 22.7 Å². The van der Waals surface area contributed by atoms with Crippen LogP contribution in [0.4, 0.5) is 0 Å². The van der Waals surface area contributed by atoms with E-state index in [0.29, 0.717) is 11.6 Å². The van der Waals surface area contributed by atoms with Gasteiger partial charge in [0.25, 0.3) is 5.91 Å². The van der Waals surface area contributed by atoms with Gasteiger partial charge in [-0.25, -0.2) is 4.98 Å². The number of hydrogen-bond acceptors (Lipinski definition) is 5. The molecule has 1 fully saturated rings. The lowest BCUT2D eigenvalue weighted by Gasteiger charge is -2.34. The van der Waals surface area contributed by atoms with Gasteiger partial charge >= 0.3 is 0 Å². The summed E-state index contributed by atoms with van der Waals surface area (Å²) in [5.74, 6) is 0.0968. The zero-order valence-electron chi connectivity index (χ0n) is 21.7. The van der Waals surface area contributed by atoms with E-state index in [1.807, 2.05) is 41.3 Å². The average Bonchev–Trinajstić information content (AvgIpc) is 3.72. The maximum atomic E-state index is 13.8. The third-order valence-corrected chi connectivity index (χ3v) is 9.34. The van der Waals surface area contributed by atoms with Crippen LogP contribution in [-0.4, -0.2) is 51.4 Å². The summed E-state index contributed by atoms with van der Waals surface area (Å²) in [6.07, 6.45) is 0. The lowest BCUT2D eigenvalue weighted by atomic mass is 10.1. The largest absolute Gasteiger partial charge is 0.338 e. The molecular formula is C31H29ClN4OS2. The number of amides is 1. The van der Waals surface area contributed by atoms with Crippen molar-refractivity contribution in [2.45, 2.75) is 20.0 Å². The first kappa shape index (κ1) is 26.0. The van der Waals surface area contributed by atoms with Crippen LogP contribution >= 0.6 is 34.3 Å². The molecule has 0 bridgehead atoms. The number of halogens is 1. The van der Waals surface area contributed by atoms with E-state index in [4.69, 9.17) is 16.6 Å². The fraction of sp³-hybridized carbons (Fsp3) is 0.226. The lowest BCUT2D eigenvalue weighted by Crippen LogP contribution is -2.48. The molecule has 1 amide bonds. The molecule has 0 saturated carbocycles. The molecule has 0 aliphatic carbocycles. The van der Waals surface area contributed by atoms with Crippen LogP contribution in [0, 0.1) is 6.92 Å². The zero-order chi connectivity index (χ0) is 26.8. The number of carbonyl (C=O) groups is 1. The second-order valence-corrected chi connectivity index (χ2v) is 12.1. The van der Waals surface area contributed by atoms with Crippen LogP contribution in [-0.2, 0) is 13.1 Å². The van der Waals surface area contributed by atoms with Gasteiger partial charge in [-0.1, -0.05) is 66.2 Å². The quantitative estimate of drug-likeness (QED) is 0.205. The molecule has 198 valence electrons. The Morgan fingerprint density at radius 2 is 1.69 bits per heavy atom. The molecule has 2 aromatic carbocycles. The van der Waals surface area contributed by atoms with E-state index in [1.165, 1.54) is 10.4 Å². The predicted molar refractivity (Wildman–Crippen MR) is 162 cm³/mol. The first-order valence-corrected chi connectivity index (χ1v) is 15.2. The van der Waals surface area contributed by atoms with Gasteiger partial charge in [-0.05, 0) is 36.1 Å². The average molecular weight is 573 g/mol. The van der Waals surface area contributed by atoms with Gasteiger partial charge < -0.3 is 9.47 Å². The standard InChI is InChI=1S/C31H29ClN4OS2/c1-22-26(31(37)35-15-13-34(14-16-35)19-23-8-3-2-4-9-23)18-29(36(22)20-24-10-7-17-38-24)28-21-39-30(33-28)25-11-5-6-12-27(25)32/h2-12,17-18,21H,13-16,19-20H2,1H3. The first-order valence-electron chi connectivity index (χ1n) is 13.1. The molecule has 3 aromatic heterocycles. The van der Waals surface area contributed by atoms with Gasteiger partial charge in [-0.15, -0.1) is 22.7 Å². The number of thiazole rings is 1. The summed E-state index contributed by atoms with van der Waals surface area (Å²) in [6, 6.07) is 24.5. The van der Waals surface area contributed by atoms with Crippen molar-refractivity contribution >= 4 is 40.2 Å². The Morgan fingerprint density at radius 3 is 2.44 bits per heavy atom. The molecule has 6 rings (SSSR count). The molecule has 0 atom stereocenters. The van der Waals surface area contributed by atoms with Gasteiger partial charge in [0.15, 0.2) is 0 Å². The number of carbonyl (C=O) groups excluding carboxylic acids is 1. The van der Waals surface area contributed by atoms with E-state index < -0.39 is 0 Å². The highest BCUT2D eigenvalue weighted by atomic mass is 35.5. The molecule has 0 spiro atoms. The summed E-state index contributed by atoms with van der Waals surface area (Å²) in [6.45, 7) is 6.87. The lowest BCUT2D eigenvalue weighted by molar-refractivity contribution is 0.0627. The van der Waals surface area contributed by atoms with Crippen LogP contribution in [0.2, 0.25) is 5.02 Å². The number of hydrogen-bond donors (Lipinski definition) is 0. The SMILES string of the molecule is Cc1c(C(=O)N2CCN(Cc3ccccc3)CC2)cc(-c2csc(-c3ccccc3Cl)n2)n1Cc1cccs1. The maximum Gasteiger partial charge on any atom is 0.255 e. The minimum atomic E-state index is 0.0968. The third-order valence-electron chi connectivity index (χ3n) is 7.27. The smallest absolute Gasteiger partial charge is 0.255 e. The van der Waals surface area contributed by atoms with Crippen molar-refractivity contribution in [1.29, 1.82) is 0 Å². The zero-order valence-corrected chi connectivity index (χ0v) is 24.1. The minimum Gasteiger partial charge on any atom is -0.338 e. The van der Waals surface area contributed by atoms with E-state index in [-0.39, 0.29) is 5.91 Å². The maximum absolute atomic E-state index is 13.8. The van der Waals surface area contributed by atoms with E-state index >= 15 is 0 Å². The van der Waals surface area contributed by atoms with Crippen molar-refractivity contribution in [1.82, 2.24) is 19.4 Å². The van der Waals surface area contributed by atoms with Crippen LogP contribution in [0.25, 0.3) is 22.0 Å². The van der Waals surface area contributed by atoms with Crippen molar-refractivity contribution in [3.8, 4) is 22.0 Å². The van der Waals surface area contributed by atoms with Crippen LogP contribution in [0.1, 0.15) is 26.5 Å². The molecule has 1 aliphatic heterocycles. The van der Waals surface area contributed by atoms with Crippen molar-refractivity contribution in [2.75, 3.05) is 26.2 Å². The molecule has 5 aromatic rings. The Kier molecular flexibility index (Phi) is 7.66. The summed E-state index contributed by atoms with van der Waals surface area (Å²) < 4.78 is 2.23. The molecule has 39 heavy (non-hydrogen) atoms. The highest BCUT2D eigenvalue weighted by molar-refractivity contribution is 7.13. The third kappa shape index (κ3) is 5.58. The number of aromatic nitrogens is 2. The molecule has 8 heteroatoms. The number of nitrogens with zero attached hydrogens (tertiary/aromatic N) is 4. The fourth-order valence-corrected chi connectivity index (χ4v) is 6.93. The normalized spacial score (nSPS) is 14.2. The second-order valence-electron chi connectivity index (χ2n) is 9.77. The number of benzene rings is 2. The Labute approximate surface area is 241 Å². The number of piperazine rings is 1.